The highest BCUT2D eigenvalue weighted by Crippen LogP contribution is 2.29. The van der Waals surface area contributed by atoms with E-state index in [1.165, 1.54) is 4.68 Å². The van der Waals surface area contributed by atoms with Gasteiger partial charge in [0.15, 0.2) is 0 Å². The van der Waals surface area contributed by atoms with Crippen LogP contribution in [0.3, 0.4) is 0 Å². The van der Waals surface area contributed by atoms with Crippen LogP contribution in [-0.2, 0) is 17.8 Å². The van der Waals surface area contributed by atoms with Crippen LogP contribution in [0, 0.1) is 0 Å². The summed E-state index contributed by atoms with van der Waals surface area (Å²) in [5.41, 5.74) is 6.83. The van der Waals surface area contributed by atoms with Gasteiger partial charge in [-0.05, 0) is 79.3 Å². The molecule has 1 aliphatic rings. The first-order valence-corrected chi connectivity index (χ1v) is 13.8. The number of nitrogens with zero attached hydrogens (tertiary/aromatic N) is 3. The summed E-state index contributed by atoms with van der Waals surface area (Å²) < 4.78 is 1.49. The Bertz CT molecular complexity index is 1750. The normalized spacial score (nSPS) is 12.8. The summed E-state index contributed by atoms with van der Waals surface area (Å²) in [4.78, 5) is 29.8. The van der Waals surface area contributed by atoms with Crippen LogP contribution >= 0.6 is 0 Å². The fourth-order valence-electron chi connectivity index (χ4n) is 4.89. The molecule has 0 unspecified atom stereocenters. The second-order valence-corrected chi connectivity index (χ2v) is 10.2. The Balaban J connectivity index is 1.29. The summed E-state index contributed by atoms with van der Waals surface area (Å²) in [6, 6.07) is 28.4. The fourth-order valence-corrected chi connectivity index (χ4v) is 4.89. The van der Waals surface area contributed by atoms with Crippen LogP contribution in [-0.4, -0.2) is 26.7 Å². The number of pyridine rings is 1. The summed E-state index contributed by atoms with van der Waals surface area (Å²) in [7, 11) is 0. The van der Waals surface area contributed by atoms with E-state index in [1.54, 1.807) is 6.20 Å². The van der Waals surface area contributed by atoms with E-state index in [-0.39, 0.29) is 11.5 Å². The van der Waals surface area contributed by atoms with Gasteiger partial charge < -0.3 is 10.6 Å². The Hall–Kier alpha value is -4.78. The molecule has 7 heteroatoms. The van der Waals surface area contributed by atoms with Gasteiger partial charge in [0, 0.05) is 41.8 Å². The second kappa shape index (κ2) is 11.1. The van der Waals surface area contributed by atoms with Crippen molar-refractivity contribution in [2.45, 2.75) is 45.2 Å². The van der Waals surface area contributed by atoms with Gasteiger partial charge in [-0.2, -0.15) is 5.10 Å². The van der Waals surface area contributed by atoms with E-state index in [2.05, 4.69) is 51.0 Å². The fraction of sp³-hybridized carbons (Fsp3) is 0.212. The molecule has 3 aromatic carbocycles. The minimum absolute atomic E-state index is 0.121. The number of nitrogens with one attached hydrogen (secondary N) is 2. The molecule has 2 heterocycles. The van der Waals surface area contributed by atoms with Gasteiger partial charge in [-0.25, -0.2) is 4.68 Å². The Morgan fingerprint density at radius 3 is 2.50 bits per heavy atom. The maximum Gasteiger partial charge on any atom is 0.290 e. The molecule has 1 aliphatic carbocycles. The van der Waals surface area contributed by atoms with E-state index in [0.29, 0.717) is 36.8 Å². The first kappa shape index (κ1) is 25.5. The molecule has 0 radical (unpaired) electrons. The van der Waals surface area contributed by atoms with E-state index in [4.69, 9.17) is 0 Å². The summed E-state index contributed by atoms with van der Waals surface area (Å²) >= 11 is 0. The molecule has 1 fully saturated rings. The molecule has 0 atom stereocenters. The number of benzene rings is 3. The lowest BCUT2D eigenvalue weighted by atomic mass is 9.98. The van der Waals surface area contributed by atoms with Crippen LogP contribution in [0.2, 0.25) is 0 Å². The predicted molar refractivity (Wildman–Crippen MR) is 160 cm³/mol. The van der Waals surface area contributed by atoms with Gasteiger partial charge >= 0.3 is 0 Å². The molecular formula is C33H31N5O2. The van der Waals surface area contributed by atoms with E-state index in [1.807, 2.05) is 61.5 Å². The smallest absolute Gasteiger partial charge is 0.290 e. The highest BCUT2D eigenvalue weighted by molar-refractivity contribution is 5.93. The molecule has 0 spiro atoms. The van der Waals surface area contributed by atoms with Crippen LogP contribution in [0.25, 0.3) is 33.3 Å². The number of amides is 1. The number of hydrogen-bond acceptors (Lipinski definition) is 5. The molecule has 7 nitrogen and oxygen atoms in total. The first-order valence-electron chi connectivity index (χ1n) is 13.8. The third-order valence-corrected chi connectivity index (χ3v) is 7.19. The maximum atomic E-state index is 13.2. The lowest BCUT2D eigenvalue weighted by molar-refractivity contribution is -0.121. The summed E-state index contributed by atoms with van der Waals surface area (Å²) in [5, 5.41) is 12.0. The van der Waals surface area contributed by atoms with Crippen molar-refractivity contribution in [2.24, 2.45) is 0 Å². The number of anilines is 2. The molecule has 1 amide bonds. The molecule has 2 N–H and O–H groups in total. The van der Waals surface area contributed by atoms with Gasteiger partial charge in [0.1, 0.15) is 5.69 Å². The van der Waals surface area contributed by atoms with Gasteiger partial charge in [0.2, 0.25) is 5.91 Å². The first-order chi connectivity index (χ1) is 19.6. The average Bonchev–Trinajstić information content (AvgIpc) is 3.81. The minimum Gasteiger partial charge on any atom is -0.353 e. The quantitative estimate of drug-likeness (QED) is 0.241. The van der Waals surface area contributed by atoms with Crippen LogP contribution < -0.4 is 16.2 Å². The van der Waals surface area contributed by atoms with Crippen molar-refractivity contribution in [3.05, 3.63) is 107 Å². The average molecular weight is 530 g/mol. The lowest BCUT2D eigenvalue weighted by Gasteiger charge is -2.13. The summed E-state index contributed by atoms with van der Waals surface area (Å²) in [6.07, 6.45) is 5.15. The van der Waals surface area contributed by atoms with Crippen molar-refractivity contribution in [3.63, 3.8) is 0 Å². The SMILES string of the molecule is CCn1nc(-c2cccc(-c3cccc(CCC(=O)NC4CC4)c3)c2)cc(Nc2cccc3ncccc23)c1=O. The molecule has 2 aromatic heterocycles. The molecule has 0 aliphatic heterocycles. The minimum atomic E-state index is -0.179. The molecular weight excluding hydrogens is 498 g/mol. The third kappa shape index (κ3) is 5.64. The third-order valence-electron chi connectivity index (χ3n) is 7.19. The molecule has 6 rings (SSSR count). The van der Waals surface area contributed by atoms with Crippen molar-refractivity contribution in [2.75, 3.05) is 5.32 Å². The highest BCUT2D eigenvalue weighted by Gasteiger charge is 2.22. The van der Waals surface area contributed by atoms with Gasteiger partial charge in [0.25, 0.3) is 5.56 Å². The van der Waals surface area contributed by atoms with Gasteiger partial charge in [-0.15, -0.1) is 0 Å². The van der Waals surface area contributed by atoms with Crippen molar-refractivity contribution >= 4 is 28.2 Å². The van der Waals surface area contributed by atoms with Gasteiger partial charge in [-0.3, -0.25) is 14.6 Å². The number of fused-ring (bicyclic) bond motifs is 1. The van der Waals surface area contributed by atoms with Crippen LogP contribution in [0.1, 0.15) is 31.7 Å². The van der Waals surface area contributed by atoms with Crippen LogP contribution in [0.15, 0.2) is 95.9 Å². The van der Waals surface area contributed by atoms with Crippen molar-refractivity contribution < 1.29 is 4.79 Å². The predicted octanol–water partition coefficient (Wildman–Crippen LogP) is 6.10. The monoisotopic (exact) mass is 529 g/mol. The number of carbonyl (C=O) groups excluding carboxylic acids is 1. The number of aromatic nitrogens is 3. The van der Waals surface area contributed by atoms with Crippen LogP contribution in [0.5, 0.6) is 0 Å². The number of hydrogen-bond donors (Lipinski definition) is 2. The molecule has 200 valence electrons. The highest BCUT2D eigenvalue weighted by atomic mass is 16.1. The van der Waals surface area contributed by atoms with E-state index < -0.39 is 0 Å². The zero-order valence-electron chi connectivity index (χ0n) is 22.4. The lowest BCUT2D eigenvalue weighted by Crippen LogP contribution is -2.25. The Kier molecular flexibility index (Phi) is 7.10. The van der Waals surface area contributed by atoms with Gasteiger partial charge in [-0.1, -0.05) is 48.5 Å². The van der Waals surface area contributed by atoms with Crippen molar-refractivity contribution in [1.82, 2.24) is 20.1 Å². The molecule has 40 heavy (non-hydrogen) atoms. The van der Waals surface area contributed by atoms with Gasteiger partial charge in [0.05, 0.1) is 11.2 Å². The van der Waals surface area contributed by atoms with E-state index in [0.717, 1.165) is 51.7 Å². The number of rotatable bonds is 9. The van der Waals surface area contributed by atoms with Crippen LogP contribution in [0.4, 0.5) is 11.4 Å². The topological polar surface area (TPSA) is 88.9 Å². The zero-order chi connectivity index (χ0) is 27.5. The number of aryl methyl sites for hydroxylation is 2. The molecule has 1 saturated carbocycles. The Morgan fingerprint density at radius 2 is 1.68 bits per heavy atom. The maximum absolute atomic E-state index is 13.2. The summed E-state index contributed by atoms with van der Waals surface area (Å²) in [6.45, 7) is 2.37. The zero-order valence-corrected chi connectivity index (χ0v) is 22.4. The molecule has 0 saturated heterocycles. The number of carbonyl (C=O) groups is 1. The van der Waals surface area contributed by atoms with E-state index in [9.17, 15) is 9.59 Å². The summed E-state index contributed by atoms with van der Waals surface area (Å²) in [5.74, 6) is 0.121. The Morgan fingerprint density at radius 1 is 0.900 bits per heavy atom. The van der Waals surface area contributed by atoms with E-state index >= 15 is 0 Å². The Labute approximate surface area is 232 Å². The second-order valence-electron chi connectivity index (χ2n) is 10.2. The molecule has 0 bridgehead atoms. The largest absolute Gasteiger partial charge is 0.353 e. The van der Waals surface area contributed by atoms with Crippen molar-refractivity contribution in [3.8, 4) is 22.4 Å². The molecule has 5 aromatic rings. The standard InChI is InChI=1S/C33H31N5O2/c1-2-38-33(40)31(36-29-13-5-12-28-27(29)11-6-18-34-28)21-30(37-38)25-10-4-9-24(20-25)23-8-3-7-22(19-23)14-17-32(39)35-26-15-16-26/h3-13,18-21,26,36H,2,14-17H2,1H3,(H,35,39). The van der Waals surface area contributed by atoms with Crippen molar-refractivity contribution in [1.29, 1.82) is 0 Å².